The Hall–Kier alpha value is -1.37. The van der Waals surface area contributed by atoms with Gasteiger partial charge in [-0.25, -0.2) is 4.79 Å². The first-order chi connectivity index (χ1) is 9.40. The Labute approximate surface area is 125 Å². The lowest BCUT2D eigenvalue weighted by atomic mass is 10.0. The van der Waals surface area contributed by atoms with E-state index >= 15 is 0 Å². The fraction of sp³-hybridized carbons (Fsp3) is 0.615. The molecule has 1 aliphatic rings. The number of aromatic amines is 1. The first kappa shape index (κ1) is 15.0. The predicted molar refractivity (Wildman–Crippen MR) is 76.6 cm³/mol. The van der Waals surface area contributed by atoms with Crippen molar-refractivity contribution in [2.75, 3.05) is 0 Å². The van der Waals surface area contributed by atoms with E-state index in [2.05, 4.69) is 31.4 Å². The molecule has 2 rings (SSSR count). The van der Waals surface area contributed by atoms with Crippen molar-refractivity contribution in [3.63, 3.8) is 0 Å². The standard InChI is InChI=1S/C13H18BrN3O3/c1-6(2)5-8(13(19)20)15-12(18)11-9(14)10(16-17-11)7-3-4-7/h6-8H,3-5H2,1-2H3,(H,15,18)(H,16,17)(H,19,20). The van der Waals surface area contributed by atoms with E-state index in [-0.39, 0.29) is 11.6 Å². The molecule has 1 saturated carbocycles. The maximum absolute atomic E-state index is 12.1. The van der Waals surface area contributed by atoms with Gasteiger partial charge in [-0.05, 0) is 41.1 Å². The molecule has 0 radical (unpaired) electrons. The van der Waals surface area contributed by atoms with E-state index in [4.69, 9.17) is 5.11 Å². The summed E-state index contributed by atoms with van der Waals surface area (Å²) in [7, 11) is 0. The highest BCUT2D eigenvalue weighted by Gasteiger charge is 2.31. The van der Waals surface area contributed by atoms with Crippen molar-refractivity contribution in [1.29, 1.82) is 0 Å². The molecule has 0 aliphatic heterocycles. The molecule has 0 bridgehead atoms. The number of H-pyrrole nitrogens is 1. The Kier molecular flexibility index (Phi) is 4.47. The molecule has 1 aliphatic carbocycles. The molecule has 1 fully saturated rings. The van der Waals surface area contributed by atoms with Crippen LogP contribution in [0.5, 0.6) is 0 Å². The molecule has 0 aromatic carbocycles. The van der Waals surface area contributed by atoms with Crippen molar-refractivity contribution < 1.29 is 14.7 Å². The van der Waals surface area contributed by atoms with Crippen LogP contribution in [0.3, 0.4) is 0 Å². The lowest BCUT2D eigenvalue weighted by Gasteiger charge is -2.15. The highest BCUT2D eigenvalue weighted by atomic mass is 79.9. The van der Waals surface area contributed by atoms with Gasteiger partial charge in [0.2, 0.25) is 0 Å². The Morgan fingerprint density at radius 3 is 2.65 bits per heavy atom. The topological polar surface area (TPSA) is 95.1 Å². The first-order valence-electron chi connectivity index (χ1n) is 6.67. The third kappa shape index (κ3) is 3.39. The third-order valence-corrected chi connectivity index (χ3v) is 4.05. The number of aromatic nitrogens is 2. The van der Waals surface area contributed by atoms with E-state index in [1.807, 2.05) is 13.8 Å². The molecule has 1 aromatic heterocycles. The summed E-state index contributed by atoms with van der Waals surface area (Å²) >= 11 is 3.37. The molecule has 1 aromatic rings. The number of carbonyl (C=O) groups is 2. The second-order valence-electron chi connectivity index (χ2n) is 5.57. The molecule has 7 heteroatoms. The molecule has 1 heterocycles. The van der Waals surface area contributed by atoms with Crippen LogP contribution in [0.4, 0.5) is 0 Å². The van der Waals surface area contributed by atoms with Crippen LogP contribution in [-0.2, 0) is 4.79 Å². The highest BCUT2D eigenvalue weighted by molar-refractivity contribution is 9.10. The number of carbonyl (C=O) groups excluding carboxylic acids is 1. The highest BCUT2D eigenvalue weighted by Crippen LogP contribution is 2.42. The van der Waals surface area contributed by atoms with E-state index in [0.717, 1.165) is 18.5 Å². The second-order valence-corrected chi connectivity index (χ2v) is 6.36. The van der Waals surface area contributed by atoms with Gasteiger partial charge in [-0.2, -0.15) is 5.10 Å². The number of halogens is 1. The number of nitrogens with zero attached hydrogens (tertiary/aromatic N) is 1. The number of aliphatic carboxylic acids is 1. The zero-order valence-electron chi connectivity index (χ0n) is 11.4. The van der Waals surface area contributed by atoms with Gasteiger partial charge in [0.25, 0.3) is 5.91 Å². The molecule has 20 heavy (non-hydrogen) atoms. The van der Waals surface area contributed by atoms with Crippen LogP contribution in [0.15, 0.2) is 4.47 Å². The summed E-state index contributed by atoms with van der Waals surface area (Å²) in [5.74, 6) is -0.875. The summed E-state index contributed by atoms with van der Waals surface area (Å²) in [4.78, 5) is 23.3. The summed E-state index contributed by atoms with van der Waals surface area (Å²) in [6, 6.07) is -0.893. The largest absolute Gasteiger partial charge is 0.480 e. The van der Waals surface area contributed by atoms with Gasteiger partial charge < -0.3 is 10.4 Å². The maximum Gasteiger partial charge on any atom is 0.326 e. The van der Waals surface area contributed by atoms with Gasteiger partial charge in [0.15, 0.2) is 5.69 Å². The van der Waals surface area contributed by atoms with Crippen molar-refractivity contribution in [2.45, 2.75) is 45.1 Å². The smallest absolute Gasteiger partial charge is 0.326 e. The fourth-order valence-electron chi connectivity index (χ4n) is 2.05. The van der Waals surface area contributed by atoms with Gasteiger partial charge in [0, 0.05) is 5.92 Å². The van der Waals surface area contributed by atoms with E-state index in [1.165, 1.54) is 0 Å². The van der Waals surface area contributed by atoms with Gasteiger partial charge in [-0.1, -0.05) is 13.8 Å². The Morgan fingerprint density at radius 2 is 2.15 bits per heavy atom. The van der Waals surface area contributed by atoms with Gasteiger partial charge in [-0.15, -0.1) is 0 Å². The Balaban J connectivity index is 2.08. The third-order valence-electron chi connectivity index (χ3n) is 3.24. The summed E-state index contributed by atoms with van der Waals surface area (Å²) in [5, 5.41) is 18.5. The minimum absolute atomic E-state index is 0.182. The molecule has 110 valence electrons. The fourth-order valence-corrected chi connectivity index (χ4v) is 2.74. The van der Waals surface area contributed by atoms with E-state index in [1.54, 1.807) is 0 Å². The van der Waals surface area contributed by atoms with Gasteiger partial charge in [0.05, 0.1) is 10.2 Å². The lowest BCUT2D eigenvalue weighted by Crippen LogP contribution is -2.41. The van der Waals surface area contributed by atoms with Crippen molar-refractivity contribution in [3.05, 3.63) is 15.9 Å². The van der Waals surface area contributed by atoms with Gasteiger partial charge in [-0.3, -0.25) is 9.89 Å². The zero-order chi connectivity index (χ0) is 14.9. The summed E-state index contributed by atoms with van der Waals surface area (Å²) in [6.45, 7) is 3.83. The van der Waals surface area contributed by atoms with E-state index in [9.17, 15) is 9.59 Å². The number of nitrogens with one attached hydrogen (secondary N) is 2. The van der Waals surface area contributed by atoms with Crippen molar-refractivity contribution >= 4 is 27.8 Å². The van der Waals surface area contributed by atoms with E-state index in [0.29, 0.717) is 16.8 Å². The maximum atomic E-state index is 12.1. The summed E-state index contributed by atoms with van der Waals surface area (Å²) < 4.78 is 0.645. The van der Waals surface area contributed by atoms with Gasteiger partial charge in [0.1, 0.15) is 6.04 Å². The molecule has 3 N–H and O–H groups in total. The minimum Gasteiger partial charge on any atom is -0.480 e. The number of rotatable bonds is 6. The van der Waals surface area contributed by atoms with Crippen LogP contribution >= 0.6 is 15.9 Å². The Morgan fingerprint density at radius 1 is 1.50 bits per heavy atom. The molecular weight excluding hydrogens is 326 g/mol. The monoisotopic (exact) mass is 343 g/mol. The van der Waals surface area contributed by atoms with Crippen LogP contribution in [0, 0.1) is 5.92 Å². The summed E-state index contributed by atoms with van der Waals surface area (Å²) in [6.07, 6.45) is 2.57. The number of amides is 1. The number of carboxylic acids is 1. The molecule has 1 unspecified atom stereocenters. The summed E-state index contributed by atoms with van der Waals surface area (Å²) in [5.41, 5.74) is 1.15. The minimum atomic E-state index is -1.03. The second kappa shape index (κ2) is 5.95. The molecule has 1 amide bonds. The van der Waals surface area contributed by atoms with Crippen LogP contribution in [0.1, 0.15) is 55.2 Å². The molecular formula is C13H18BrN3O3. The number of hydrogen-bond acceptors (Lipinski definition) is 3. The van der Waals surface area contributed by atoms with Crippen LogP contribution < -0.4 is 5.32 Å². The van der Waals surface area contributed by atoms with Crippen molar-refractivity contribution in [2.24, 2.45) is 5.92 Å². The molecule has 6 nitrogen and oxygen atoms in total. The normalized spacial score (nSPS) is 16.2. The quantitative estimate of drug-likeness (QED) is 0.738. The zero-order valence-corrected chi connectivity index (χ0v) is 13.0. The van der Waals surface area contributed by atoms with Crippen LogP contribution in [0.2, 0.25) is 0 Å². The lowest BCUT2D eigenvalue weighted by molar-refractivity contribution is -0.139. The average molecular weight is 344 g/mol. The van der Waals surface area contributed by atoms with Crippen LogP contribution in [-0.4, -0.2) is 33.2 Å². The Bertz CT molecular complexity index is 523. The van der Waals surface area contributed by atoms with Crippen molar-refractivity contribution in [3.8, 4) is 0 Å². The molecule has 0 spiro atoms. The van der Waals surface area contributed by atoms with Crippen LogP contribution in [0.25, 0.3) is 0 Å². The first-order valence-corrected chi connectivity index (χ1v) is 7.46. The average Bonchev–Trinajstić information content (AvgIpc) is 3.11. The molecule has 1 atom stereocenters. The number of hydrogen-bond donors (Lipinski definition) is 3. The number of carboxylic acid groups (broad SMARTS) is 1. The molecule has 0 saturated heterocycles. The van der Waals surface area contributed by atoms with E-state index < -0.39 is 17.9 Å². The predicted octanol–water partition coefficient (Wildman–Crippen LogP) is 2.28. The van der Waals surface area contributed by atoms with Crippen molar-refractivity contribution in [1.82, 2.24) is 15.5 Å². The SMILES string of the molecule is CC(C)CC(NC(=O)c1n[nH]c(C2CC2)c1Br)C(=O)O. The van der Waals surface area contributed by atoms with Gasteiger partial charge >= 0.3 is 5.97 Å².